The largest absolute Gasteiger partial charge is 0.346 e. The third-order valence-electron chi connectivity index (χ3n) is 5.76. The van der Waals surface area contributed by atoms with Gasteiger partial charge in [0, 0.05) is 55.8 Å². The Hall–Kier alpha value is -1.38. The number of hydrogen-bond acceptors (Lipinski definition) is 7. The van der Waals surface area contributed by atoms with Crippen LogP contribution < -0.4 is 10.5 Å². The van der Waals surface area contributed by atoms with Crippen molar-refractivity contribution in [1.29, 1.82) is 0 Å². The number of thiazole rings is 1. The quantitative estimate of drug-likeness (QED) is 0.776. The fourth-order valence-electron chi connectivity index (χ4n) is 4.12. The first-order chi connectivity index (χ1) is 13.3. The van der Waals surface area contributed by atoms with Crippen LogP contribution in [0.2, 0.25) is 0 Å². The molecule has 27 heavy (non-hydrogen) atoms. The molecule has 3 aliphatic rings. The highest BCUT2D eigenvalue weighted by atomic mass is 32.2. The van der Waals surface area contributed by atoms with E-state index in [1.807, 2.05) is 23.1 Å². The van der Waals surface area contributed by atoms with E-state index in [1.54, 1.807) is 10.7 Å². The average Bonchev–Trinajstić information content (AvgIpc) is 3.29. The molecule has 2 aliphatic heterocycles. The zero-order chi connectivity index (χ0) is 18.2. The second kappa shape index (κ2) is 7.56. The standard InChI is InChI=1S/C19H25N5OS2/c25-18-12-14-13-26-11-4-15(14)21-24(18)10-7-22-5-8-23(9-6-22)19-20-16-2-1-3-17(16)27-19/h12H,1-11,13H2. The van der Waals surface area contributed by atoms with E-state index >= 15 is 0 Å². The molecule has 0 spiro atoms. The highest BCUT2D eigenvalue weighted by molar-refractivity contribution is 7.98. The molecular formula is C19H25N5OS2. The number of piperazine rings is 1. The summed E-state index contributed by atoms with van der Waals surface area (Å²) in [5, 5.41) is 5.85. The lowest BCUT2D eigenvalue weighted by molar-refractivity contribution is 0.242. The van der Waals surface area contributed by atoms with Crippen molar-refractivity contribution >= 4 is 28.2 Å². The van der Waals surface area contributed by atoms with E-state index in [0.717, 1.165) is 68.3 Å². The van der Waals surface area contributed by atoms with Gasteiger partial charge in [-0.1, -0.05) is 0 Å². The Morgan fingerprint density at radius 3 is 2.78 bits per heavy atom. The molecule has 1 saturated heterocycles. The molecule has 5 rings (SSSR count). The summed E-state index contributed by atoms with van der Waals surface area (Å²) in [5.41, 5.74) is 3.65. The van der Waals surface area contributed by atoms with Crippen LogP contribution in [0, 0.1) is 0 Å². The summed E-state index contributed by atoms with van der Waals surface area (Å²) in [6.07, 6.45) is 4.63. The summed E-state index contributed by atoms with van der Waals surface area (Å²) in [5.74, 6) is 2.04. The summed E-state index contributed by atoms with van der Waals surface area (Å²) in [7, 11) is 0. The third kappa shape index (κ3) is 3.67. The fraction of sp³-hybridized carbons (Fsp3) is 0.632. The Labute approximate surface area is 167 Å². The molecule has 0 unspecified atom stereocenters. The van der Waals surface area contributed by atoms with E-state index in [1.165, 1.54) is 28.5 Å². The van der Waals surface area contributed by atoms with Crippen LogP contribution in [-0.4, -0.2) is 58.1 Å². The van der Waals surface area contributed by atoms with E-state index < -0.39 is 0 Å². The molecule has 6 nitrogen and oxygen atoms in total. The maximum atomic E-state index is 12.3. The SMILES string of the molecule is O=c1cc2c(nn1CCN1CCN(c3nc4c(s3)CCC4)CC1)CCSC2. The van der Waals surface area contributed by atoms with Crippen molar-refractivity contribution in [3.63, 3.8) is 0 Å². The van der Waals surface area contributed by atoms with Crippen LogP contribution in [0.1, 0.15) is 28.2 Å². The molecule has 2 aromatic heterocycles. The second-order valence-corrected chi connectivity index (χ2v) is 9.70. The highest BCUT2D eigenvalue weighted by Gasteiger charge is 2.23. The predicted molar refractivity (Wildman–Crippen MR) is 111 cm³/mol. The third-order valence-corrected chi connectivity index (χ3v) is 7.99. The van der Waals surface area contributed by atoms with Gasteiger partial charge < -0.3 is 4.90 Å². The van der Waals surface area contributed by atoms with Gasteiger partial charge in [0.1, 0.15) is 0 Å². The lowest BCUT2D eigenvalue weighted by Gasteiger charge is -2.34. The molecule has 0 amide bonds. The van der Waals surface area contributed by atoms with Crippen LogP contribution in [0.15, 0.2) is 10.9 Å². The topological polar surface area (TPSA) is 54.3 Å². The minimum absolute atomic E-state index is 0.0483. The number of anilines is 1. The Balaban J connectivity index is 1.17. The number of rotatable bonds is 4. The first-order valence-corrected chi connectivity index (χ1v) is 11.9. The van der Waals surface area contributed by atoms with E-state index in [-0.39, 0.29) is 5.56 Å². The molecule has 0 bridgehead atoms. The van der Waals surface area contributed by atoms with Crippen LogP contribution in [0.3, 0.4) is 0 Å². The lowest BCUT2D eigenvalue weighted by atomic mass is 10.2. The summed E-state index contributed by atoms with van der Waals surface area (Å²) in [6.45, 7) is 5.68. The number of fused-ring (bicyclic) bond motifs is 2. The van der Waals surface area contributed by atoms with Gasteiger partial charge >= 0.3 is 0 Å². The average molecular weight is 404 g/mol. The van der Waals surface area contributed by atoms with Crippen LogP contribution in [0.25, 0.3) is 0 Å². The van der Waals surface area contributed by atoms with Crippen molar-refractivity contribution in [1.82, 2.24) is 19.7 Å². The Kier molecular flexibility index (Phi) is 4.96. The van der Waals surface area contributed by atoms with Gasteiger partial charge in [-0.2, -0.15) is 16.9 Å². The van der Waals surface area contributed by atoms with Gasteiger partial charge in [-0.3, -0.25) is 9.69 Å². The van der Waals surface area contributed by atoms with Gasteiger partial charge in [-0.25, -0.2) is 9.67 Å². The van der Waals surface area contributed by atoms with Gasteiger partial charge in [0.25, 0.3) is 5.56 Å². The van der Waals surface area contributed by atoms with Gasteiger partial charge in [-0.15, -0.1) is 11.3 Å². The van der Waals surface area contributed by atoms with E-state index in [2.05, 4.69) is 14.9 Å². The number of hydrogen-bond donors (Lipinski definition) is 0. The molecule has 2 aromatic rings. The minimum atomic E-state index is 0.0483. The van der Waals surface area contributed by atoms with Crippen molar-refractivity contribution < 1.29 is 0 Å². The molecule has 8 heteroatoms. The monoisotopic (exact) mass is 403 g/mol. The zero-order valence-electron chi connectivity index (χ0n) is 15.5. The molecule has 0 N–H and O–H groups in total. The van der Waals surface area contributed by atoms with Crippen LogP contribution in [-0.2, 0) is 31.6 Å². The zero-order valence-corrected chi connectivity index (χ0v) is 17.2. The van der Waals surface area contributed by atoms with Crippen molar-refractivity contribution in [2.24, 2.45) is 0 Å². The number of aryl methyl sites for hydroxylation is 3. The molecule has 144 valence electrons. The highest BCUT2D eigenvalue weighted by Crippen LogP contribution is 2.32. The van der Waals surface area contributed by atoms with Crippen LogP contribution >= 0.6 is 23.1 Å². The van der Waals surface area contributed by atoms with E-state index in [9.17, 15) is 4.79 Å². The Bertz CT molecular complexity index is 863. The fourth-order valence-corrected chi connectivity index (χ4v) is 6.28. The molecule has 1 aliphatic carbocycles. The molecule has 4 heterocycles. The number of nitrogens with zero attached hydrogens (tertiary/aromatic N) is 5. The van der Waals surface area contributed by atoms with Crippen molar-refractivity contribution in [2.45, 2.75) is 38.0 Å². The molecular weight excluding hydrogens is 378 g/mol. The second-order valence-electron chi connectivity index (χ2n) is 7.53. The molecule has 0 aromatic carbocycles. The summed E-state index contributed by atoms with van der Waals surface area (Å²) in [4.78, 5) is 23.6. The summed E-state index contributed by atoms with van der Waals surface area (Å²) in [6, 6.07) is 1.80. The minimum Gasteiger partial charge on any atom is -0.346 e. The maximum absolute atomic E-state index is 12.3. The molecule has 0 radical (unpaired) electrons. The van der Waals surface area contributed by atoms with Gasteiger partial charge in [0.15, 0.2) is 5.13 Å². The van der Waals surface area contributed by atoms with Crippen molar-refractivity contribution in [2.75, 3.05) is 43.4 Å². The smallest absolute Gasteiger partial charge is 0.267 e. The predicted octanol–water partition coefficient (Wildman–Crippen LogP) is 1.80. The van der Waals surface area contributed by atoms with Crippen molar-refractivity contribution in [3.05, 3.63) is 38.2 Å². The summed E-state index contributed by atoms with van der Waals surface area (Å²) >= 11 is 3.78. The van der Waals surface area contributed by atoms with Gasteiger partial charge in [-0.05, 0) is 30.6 Å². The molecule has 0 atom stereocenters. The normalized spacial score (nSPS) is 19.9. The van der Waals surface area contributed by atoms with Gasteiger partial charge in [0.05, 0.1) is 17.9 Å². The lowest BCUT2D eigenvalue weighted by Crippen LogP contribution is -2.47. The molecule has 1 fully saturated rings. The van der Waals surface area contributed by atoms with Crippen LogP contribution in [0.4, 0.5) is 5.13 Å². The Morgan fingerprint density at radius 2 is 1.93 bits per heavy atom. The van der Waals surface area contributed by atoms with Gasteiger partial charge in [0.2, 0.25) is 0 Å². The number of aromatic nitrogens is 3. The van der Waals surface area contributed by atoms with Crippen LogP contribution in [0.5, 0.6) is 0 Å². The van der Waals surface area contributed by atoms with E-state index in [0.29, 0.717) is 6.54 Å². The first kappa shape index (κ1) is 17.7. The van der Waals surface area contributed by atoms with E-state index in [4.69, 9.17) is 4.98 Å². The van der Waals surface area contributed by atoms with Crippen molar-refractivity contribution in [3.8, 4) is 0 Å². The maximum Gasteiger partial charge on any atom is 0.267 e. The first-order valence-electron chi connectivity index (χ1n) is 9.90. The molecule has 0 saturated carbocycles. The Morgan fingerprint density at radius 1 is 1.04 bits per heavy atom. The summed E-state index contributed by atoms with van der Waals surface area (Å²) < 4.78 is 1.67. The number of thioether (sulfide) groups is 1.